The van der Waals surface area contributed by atoms with E-state index in [4.69, 9.17) is 0 Å². The molecule has 0 fully saturated rings. The van der Waals surface area contributed by atoms with E-state index in [2.05, 4.69) is 277 Å². The molecule has 350 valence electrons. The molecule has 0 N–H and O–H groups in total. The summed E-state index contributed by atoms with van der Waals surface area (Å²) in [6.45, 7) is 24.9. The van der Waals surface area contributed by atoms with Crippen LogP contribution in [0.25, 0.3) is 64.6 Å². The smallest absolute Gasteiger partial charge is 0.0784 e. The zero-order valence-corrected chi connectivity index (χ0v) is 46.1. The molecule has 12 aromatic carbocycles. The fraction of sp³-hybridized carbons (Fsp3) is 0.164. The Labute approximate surface area is 434 Å². The Morgan fingerprint density at radius 3 is 0.986 bits per heavy atom. The lowest BCUT2D eigenvalue weighted by atomic mass is 9.93. The van der Waals surface area contributed by atoms with Crippen LogP contribution in [-0.2, 0) is 0 Å². The number of rotatable bonds is 7. The van der Waals surface area contributed by atoms with Crippen molar-refractivity contribution in [3.05, 3.63) is 218 Å². The maximum Gasteiger partial charge on any atom is 0.0784 e. The third kappa shape index (κ3) is 8.29. The highest BCUT2D eigenvalue weighted by molar-refractivity contribution is 14.1. The lowest BCUT2D eigenvalue weighted by molar-refractivity contribution is 1.21. The van der Waals surface area contributed by atoms with Crippen LogP contribution in [-0.4, -0.2) is 8.07 Å². The first-order valence-electron chi connectivity index (χ1n) is 25.0. The zero-order valence-electron chi connectivity index (χ0n) is 42.9. The maximum absolute atomic E-state index is 2.46. The van der Waals surface area contributed by atoms with Gasteiger partial charge in [-0.3, -0.25) is 0 Å². The molecule has 0 aliphatic heterocycles. The van der Waals surface area contributed by atoms with Crippen molar-refractivity contribution in [2.24, 2.45) is 0 Å². The quantitative estimate of drug-likeness (QED) is 0.0892. The van der Waals surface area contributed by atoms with E-state index in [1.165, 1.54) is 147 Å². The normalized spacial score (nSPS) is 11.9. The van der Waals surface area contributed by atoms with Crippen LogP contribution in [0, 0.1) is 59.0 Å². The molecule has 0 unspecified atom stereocenters. The van der Waals surface area contributed by atoms with E-state index >= 15 is 0 Å². The Kier molecular flexibility index (Phi) is 11.7. The molecule has 0 saturated heterocycles. The molecule has 71 heavy (non-hydrogen) atoms. The molecule has 0 atom stereocenters. The van der Waals surface area contributed by atoms with Crippen molar-refractivity contribution in [1.29, 1.82) is 0 Å². The molecule has 12 aromatic rings. The van der Waals surface area contributed by atoms with Gasteiger partial charge in [0.15, 0.2) is 0 Å². The maximum atomic E-state index is 2.46. The summed E-state index contributed by atoms with van der Waals surface area (Å²) in [5, 5.41) is 17.7. The molecule has 0 amide bonds. The largest absolute Gasteiger partial charge is 0.310 e. The summed E-state index contributed by atoms with van der Waals surface area (Å²) in [6.07, 6.45) is 0. The van der Waals surface area contributed by atoms with E-state index in [1.807, 2.05) is 0 Å². The fourth-order valence-electron chi connectivity index (χ4n) is 11.5. The fourth-order valence-corrected chi connectivity index (χ4v) is 13.8. The summed E-state index contributed by atoms with van der Waals surface area (Å²) < 4.78 is 1.30. The molecule has 0 aromatic heterocycles. The first-order chi connectivity index (χ1) is 34.0. The SMILES string of the molecule is Cc1ccc(N(c2cc3ccc4ccc(I)c5ccc(c2)c3c45)c2ccc(C)cc2C)c(C)c1.Cc1ccc(N(c2cc3ccc4ccc([Si](C)(C)C)c5ccc(c2)c3c45)c2ccc(C)cc2C)c(C)c1. The number of anilines is 6. The van der Waals surface area contributed by atoms with Crippen molar-refractivity contribution < 1.29 is 0 Å². The van der Waals surface area contributed by atoms with Crippen LogP contribution in [0.5, 0.6) is 0 Å². The molecular weight excluding hydrogens is 988 g/mol. The third-order valence-corrected chi connectivity index (χ3v) is 17.8. The minimum absolute atomic E-state index is 1.19. The highest BCUT2D eigenvalue weighted by atomic mass is 127. The van der Waals surface area contributed by atoms with E-state index in [0.717, 1.165) is 0 Å². The predicted molar refractivity (Wildman–Crippen MR) is 323 cm³/mol. The lowest BCUT2D eigenvalue weighted by Gasteiger charge is -2.30. The van der Waals surface area contributed by atoms with Crippen molar-refractivity contribution in [1.82, 2.24) is 0 Å². The Morgan fingerprint density at radius 2 is 0.620 bits per heavy atom. The van der Waals surface area contributed by atoms with Crippen molar-refractivity contribution in [3.63, 3.8) is 0 Å². The van der Waals surface area contributed by atoms with Crippen LogP contribution < -0.4 is 15.0 Å². The molecule has 0 bridgehead atoms. The van der Waals surface area contributed by atoms with Crippen LogP contribution in [0.3, 0.4) is 0 Å². The summed E-state index contributed by atoms with van der Waals surface area (Å²) in [5.41, 5.74) is 17.6. The summed E-state index contributed by atoms with van der Waals surface area (Å²) in [4.78, 5) is 4.88. The van der Waals surface area contributed by atoms with E-state index in [-0.39, 0.29) is 0 Å². The standard InChI is InChI=1S/C35H35NSi.C32H26IN/c1-22-8-15-31(24(3)18-22)36(32-16-9-23(2)19-25(32)4)29-20-27-11-10-26-13-17-33(37(5,6)7)30-14-12-28(21-29)34(27)35(26)30;1-19-5-13-29(21(3)15-19)34(30-14-6-20(2)16-22(30)4)26-17-24-8-7-23-10-12-28(33)27-11-9-25(18-26)31(24)32(23)27/h8-21H,1-7H3;5-18H,1-4H3. The second-order valence-corrected chi connectivity index (χ2v) is 27.5. The first-order valence-corrected chi connectivity index (χ1v) is 29.6. The number of halogens is 1. The average Bonchev–Trinajstić information content (AvgIpc) is 3.33. The van der Waals surface area contributed by atoms with Crippen LogP contribution in [0.1, 0.15) is 44.5 Å². The van der Waals surface area contributed by atoms with Gasteiger partial charge in [0.1, 0.15) is 0 Å². The number of nitrogens with zero attached hydrogens (tertiary/aromatic N) is 2. The minimum Gasteiger partial charge on any atom is -0.310 e. The van der Waals surface area contributed by atoms with Crippen molar-refractivity contribution in [2.45, 2.75) is 75.0 Å². The zero-order chi connectivity index (χ0) is 49.6. The Balaban J connectivity index is 0.000000155. The molecule has 0 aliphatic carbocycles. The number of hydrogen-bond donors (Lipinski definition) is 0. The molecule has 0 saturated carbocycles. The molecule has 0 heterocycles. The predicted octanol–water partition coefficient (Wildman–Crippen LogP) is 19.7. The van der Waals surface area contributed by atoms with Gasteiger partial charge in [-0.05, 0) is 219 Å². The van der Waals surface area contributed by atoms with Crippen molar-refractivity contribution in [2.75, 3.05) is 9.80 Å². The van der Waals surface area contributed by atoms with Crippen LogP contribution in [0.15, 0.2) is 170 Å². The van der Waals surface area contributed by atoms with E-state index in [9.17, 15) is 0 Å². The van der Waals surface area contributed by atoms with Gasteiger partial charge >= 0.3 is 0 Å². The number of aryl methyl sites for hydroxylation is 8. The second kappa shape index (κ2) is 17.8. The molecule has 0 spiro atoms. The molecular formula is C67H61IN2Si. The highest BCUT2D eigenvalue weighted by Gasteiger charge is 2.24. The Hall–Kier alpha value is -6.73. The summed E-state index contributed by atoms with van der Waals surface area (Å²) in [6, 6.07) is 64.2. The van der Waals surface area contributed by atoms with Gasteiger partial charge in [-0.2, -0.15) is 0 Å². The van der Waals surface area contributed by atoms with Crippen LogP contribution in [0.2, 0.25) is 19.6 Å². The van der Waals surface area contributed by atoms with E-state index < -0.39 is 8.07 Å². The topological polar surface area (TPSA) is 6.48 Å². The third-order valence-electron chi connectivity index (χ3n) is 14.8. The highest BCUT2D eigenvalue weighted by Crippen LogP contribution is 2.46. The van der Waals surface area contributed by atoms with Gasteiger partial charge in [-0.1, -0.05) is 162 Å². The van der Waals surface area contributed by atoms with E-state index in [0.29, 0.717) is 0 Å². The molecule has 0 aliphatic rings. The summed E-state index contributed by atoms with van der Waals surface area (Å²) in [5.74, 6) is 0. The number of benzene rings is 12. The Morgan fingerprint density at radius 1 is 0.310 bits per heavy atom. The number of hydrogen-bond acceptors (Lipinski definition) is 2. The summed E-state index contributed by atoms with van der Waals surface area (Å²) >= 11 is 2.46. The monoisotopic (exact) mass is 1050 g/mol. The van der Waals surface area contributed by atoms with Gasteiger partial charge in [-0.25, -0.2) is 0 Å². The van der Waals surface area contributed by atoms with Crippen molar-refractivity contribution in [3.8, 4) is 0 Å². The minimum atomic E-state index is -1.47. The second-order valence-electron chi connectivity index (χ2n) is 21.3. The molecule has 12 rings (SSSR count). The van der Waals surface area contributed by atoms with Gasteiger partial charge < -0.3 is 9.80 Å². The van der Waals surface area contributed by atoms with Gasteiger partial charge in [0, 0.05) is 37.7 Å². The molecule has 4 heteroatoms. The van der Waals surface area contributed by atoms with Gasteiger partial charge in [0.2, 0.25) is 0 Å². The molecule has 0 radical (unpaired) electrons. The van der Waals surface area contributed by atoms with Gasteiger partial charge in [0.25, 0.3) is 0 Å². The first kappa shape index (κ1) is 46.6. The van der Waals surface area contributed by atoms with Gasteiger partial charge in [-0.15, -0.1) is 0 Å². The molecule has 2 nitrogen and oxygen atoms in total. The lowest BCUT2D eigenvalue weighted by Crippen LogP contribution is -2.38. The summed E-state index contributed by atoms with van der Waals surface area (Å²) in [7, 11) is -1.47. The average molecular weight is 1050 g/mol. The van der Waals surface area contributed by atoms with E-state index in [1.54, 1.807) is 5.19 Å². The van der Waals surface area contributed by atoms with Gasteiger partial charge in [0.05, 0.1) is 8.07 Å². The van der Waals surface area contributed by atoms with Crippen molar-refractivity contribution >= 4 is 135 Å². The Bertz CT molecular complexity index is 3910. The van der Waals surface area contributed by atoms with Crippen LogP contribution >= 0.6 is 22.6 Å². The van der Waals surface area contributed by atoms with Crippen LogP contribution in [0.4, 0.5) is 34.1 Å².